The molecular formula is C6H2F2. The molecule has 0 fully saturated rings. The molecule has 0 aromatic carbocycles. The molecule has 0 saturated heterocycles. The van der Waals surface area contributed by atoms with E-state index >= 15 is 0 Å². The molecule has 0 bridgehead atoms. The Balaban J connectivity index is 2.90. The molecule has 0 amide bonds. The molecule has 0 aliphatic heterocycles. The predicted octanol–water partition coefficient (Wildman–Crippen LogP) is 1.87. The zero-order valence-electron chi connectivity index (χ0n) is 3.91. The maximum atomic E-state index is 11.5. The van der Waals surface area contributed by atoms with Crippen LogP contribution in [0.15, 0.2) is 23.8 Å². The lowest BCUT2D eigenvalue weighted by Crippen LogP contribution is -1.68. The van der Waals surface area contributed by atoms with Crippen molar-refractivity contribution < 1.29 is 8.78 Å². The van der Waals surface area contributed by atoms with Crippen molar-refractivity contribution >= 4 is 0 Å². The number of hydrogen-bond acceptors (Lipinski definition) is 0. The topological polar surface area (TPSA) is 0 Å². The van der Waals surface area contributed by atoms with Gasteiger partial charge in [0.1, 0.15) is 0 Å². The molecule has 1 aliphatic rings. The van der Waals surface area contributed by atoms with E-state index in [1.807, 2.05) is 0 Å². The van der Waals surface area contributed by atoms with E-state index in [1.54, 1.807) is 0 Å². The molecule has 1 aliphatic carbocycles. The summed E-state index contributed by atoms with van der Waals surface area (Å²) in [5, 5.41) is 0. The molecule has 0 aromatic rings. The average Bonchev–Trinajstić information content (AvgIpc) is 2.12. The Morgan fingerprint density at radius 3 is 2.00 bits per heavy atom. The first-order valence-electron chi connectivity index (χ1n) is 2.04. The summed E-state index contributed by atoms with van der Waals surface area (Å²) in [5.41, 5.74) is -0.231. The molecule has 0 atom stereocenters. The van der Waals surface area contributed by atoms with Gasteiger partial charge in [-0.1, -0.05) is 12.2 Å². The fraction of sp³-hybridized carbons (Fsp3) is 0. The van der Waals surface area contributed by atoms with Gasteiger partial charge in [-0.25, -0.2) is 0 Å². The molecule has 0 N–H and O–H groups in total. The van der Waals surface area contributed by atoms with Crippen LogP contribution >= 0.6 is 0 Å². The molecular weight excluding hydrogens is 110 g/mol. The first kappa shape index (κ1) is 5.22. The summed E-state index contributed by atoms with van der Waals surface area (Å²) < 4.78 is 22.9. The van der Waals surface area contributed by atoms with Crippen LogP contribution in [-0.4, -0.2) is 0 Å². The smallest absolute Gasteiger partial charge is 0.173 e. The second-order valence-electron chi connectivity index (χ2n) is 1.26. The van der Waals surface area contributed by atoms with E-state index in [0.717, 1.165) is 0 Å². The highest BCUT2D eigenvalue weighted by Crippen LogP contribution is 2.12. The number of hydrogen-bond donors (Lipinski definition) is 0. The number of rotatable bonds is 0. The lowest BCUT2D eigenvalue weighted by molar-refractivity contribution is 0.416. The molecule has 0 saturated carbocycles. The van der Waals surface area contributed by atoms with Gasteiger partial charge in [0.05, 0.1) is 5.57 Å². The van der Waals surface area contributed by atoms with Gasteiger partial charge < -0.3 is 0 Å². The van der Waals surface area contributed by atoms with E-state index in [1.165, 1.54) is 12.2 Å². The van der Waals surface area contributed by atoms with Crippen LogP contribution in [0, 0.1) is 12.2 Å². The minimum atomic E-state index is -1.73. The maximum Gasteiger partial charge on any atom is 0.278 e. The van der Waals surface area contributed by atoms with Crippen molar-refractivity contribution in [3.8, 4) is 0 Å². The summed E-state index contributed by atoms with van der Waals surface area (Å²) in [6.45, 7) is 0. The van der Waals surface area contributed by atoms with Crippen molar-refractivity contribution in [3.63, 3.8) is 0 Å². The van der Waals surface area contributed by atoms with Gasteiger partial charge in [-0.3, -0.25) is 0 Å². The number of halogens is 2. The van der Waals surface area contributed by atoms with Crippen LogP contribution in [0.3, 0.4) is 0 Å². The van der Waals surface area contributed by atoms with Crippen LogP contribution in [0.2, 0.25) is 0 Å². The predicted molar refractivity (Wildman–Crippen MR) is 24.9 cm³/mol. The van der Waals surface area contributed by atoms with Crippen LogP contribution in [0.5, 0.6) is 0 Å². The van der Waals surface area contributed by atoms with Gasteiger partial charge in [-0.2, -0.15) is 8.78 Å². The normalized spacial score (nSPS) is 15.5. The maximum absolute atomic E-state index is 11.5. The lowest BCUT2D eigenvalue weighted by atomic mass is 10.3. The highest BCUT2D eigenvalue weighted by Gasteiger charge is 2.00. The lowest BCUT2D eigenvalue weighted by Gasteiger charge is -1.79. The second-order valence-corrected chi connectivity index (χ2v) is 1.26. The van der Waals surface area contributed by atoms with Gasteiger partial charge in [0.2, 0.25) is 0 Å². The van der Waals surface area contributed by atoms with Crippen LogP contribution in [0.25, 0.3) is 0 Å². The molecule has 2 radical (unpaired) electrons. The quantitative estimate of drug-likeness (QED) is 0.448. The largest absolute Gasteiger partial charge is 0.278 e. The first-order valence-corrected chi connectivity index (χ1v) is 2.04. The van der Waals surface area contributed by atoms with E-state index in [2.05, 4.69) is 12.2 Å². The van der Waals surface area contributed by atoms with Crippen molar-refractivity contribution in [1.82, 2.24) is 0 Å². The Labute approximate surface area is 45.8 Å². The van der Waals surface area contributed by atoms with Gasteiger partial charge in [0, 0.05) is 0 Å². The molecule has 0 spiro atoms. The minimum Gasteiger partial charge on any atom is -0.173 e. The van der Waals surface area contributed by atoms with Crippen LogP contribution in [-0.2, 0) is 0 Å². The van der Waals surface area contributed by atoms with Gasteiger partial charge in [-0.05, 0) is 12.2 Å². The van der Waals surface area contributed by atoms with Gasteiger partial charge in [-0.15, -0.1) is 0 Å². The molecule has 0 aromatic heterocycles. The summed E-state index contributed by atoms with van der Waals surface area (Å²) in [5.74, 6) is 0. The average molecular weight is 112 g/mol. The SMILES string of the molecule is FC(F)=C1[C]=CC=[C]1. The van der Waals surface area contributed by atoms with Crippen molar-refractivity contribution in [2.45, 2.75) is 0 Å². The first-order chi connectivity index (χ1) is 3.80. The summed E-state index contributed by atoms with van der Waals surface area (Å²) in [4.78, 5) is 0. The summed E-state index contributed by atoms with van der Waals surface area (Å²) in [7, 11) is 0. The molecule has 1 rings (SSSR count). The van der Waals surface area contributed by atoms with Crippen LogP contribution < -0.4 is 0 Å². The Morgan fingerprint density at radius 2 is 1.75 bits per heavy atom. The van der Waals surface area contributed by atoms with Crippen LogP contribution in [0.4, 0.5) is 8.78 Å². The summed E-state index contributed by atoms with van der Waals surface area (Å²) >= 11 is 0. The third-order valence-corrected chi connectivity index (χ3v) is 0.728. The van der Waals surface area contributed by atoms with Gasteiger partial charge in [0.15, 0.2) is 0 Å². The molecule has 8 heavy (non-hydrogen) atoms. The van der Waals surface area contributed by atoms with Crippen molar-refractivity contribution in [2.24, 2.45) is 0 Å². The molecule has 2 heteroatoms. The zero-order chi connectivity index (χ0) is 5.98. The van der Waals surface area contributed by atoms with E-state index in [0.29, 0.717) is 0 Å². The van der Waals surface area contributed by atoms with E-state index in [4.69, 9.17) is 0 Å². The second kappa shape index (κ2) is 1.90. The van der Waals surface area contributed by atoms with Crippen molar-refractivity contribution in [2.75, 3.05) is 0 Å². The fourth-order valence-electron chi connectivity index (χ4n) is 0.401. The van der Waals surface area contributed by atoms with E-state index in [9.17, 15) is 8.78 Å². The summed E-state index contributed by atoms with van der Waals surface area (Å²) in [6.07, 6.45) is 5.66. The monoisotopic (exact) mass is 112 g/mol. The highest BCUT2D eigenvalue weighted by molar-refractivity contribution is 5.30. The van der Waals surface area contributed by atoms with Gasteiger partial charge >= 0.3 is 0 Å². The Hall–Kier alpha value is -0.920. The Kier molecular flexibility index (Phi) is 1.24. The van der Waals surface area contributed by atoms with E-state index in [-0.39, 0.29) is 5.57 Å². The third-order valence-electron chi connectivity index (χ3n) is 0.728. The summed E-state index contributed by atoms with van der Waals surface area (Å²) in [6, 6.07) is 0. The molecule has 0 unspecified atom stereocenters. The Bertz CT molecular complexity index is 157. The molecule has 0 heterocycles. The van der Waals surface area contributed by atoms with Crippen molar-refractivity contribution in [3.05, 3.63) is 36.0 Å². The van der Waals surface area contributed by atoms with Gasteiger partial charge in [0.25, 0.3) is 6.08 Å². The number of allylic oxidation sites excluding steroid dienone is 5. The van der Waals surface area contributed by atoms with E-state index < -0.39 is 6.08 Å². The standard InChI is InChI=1S/C6H2F2/c7-6(8)5-3-1-2-4-5/h1-2H. The zero-order valence-corrected chi connectivity index (χ0v) is 3.91. The van der Waals surface area contributed by atoms with Crippen molar-refractivity contribution in [1.29, 1.82) is 0 Å². The van der Waals surface area contributed by atoms with Crippen LogP contribution in [0.1, 0.15) is 0 Å². The Morgan fingerprint density at radius 1 is 1.25 bits per heavy atom. The third kappa shape index (κ3) is 0.832. The minimum absolute atomic E-state index is 0.231. The molecule has 0 nitrogen and oxygen atoms in total. The fourth-order valence-corrected chi connectivity index (χ4v) is 0.401. The molecule has 40 valence electrons. The highest BCUT2D eigenvalue weighted by atomic mass is 19.3.